The molecule has 1 N–H and O–H groups in total. The van der Waals surface area contributed by atoms with E-state index in [1.54, 1.807) is 24.0 Å². The zero-order valence-electron chi connectivity index (χ0n) is 9.17. The van der Waals surface area contributed by atoms with Gasteiger partial charge in [0.15, 0.2) is 0 Å². The lowest BCUT2D eigenvalue weighted by molar-refractivity contribution is -0.148. The molecular formula is C10H16N2O3. The van der Waals surface area contributed by atoms with Gasteiger partial charge in [-0.05, 0) is 13.8 Å². The minimum atomic E-state index is -0.863. The fourth-order valence-corrected chi connectivity index (χ4v) is 1.31. The summed E-state index contributed by atoms with van der Waals surface area (Å²) in [5.41, 5.74) is 0.634. The van der Waals surface area contributed by atoms with E-state index in [0.29, 0.717) is 5.56 Å². The summed E-state index contributed by atoms with van der Waals surface area (Å²) in [6, 6.07) is 0. The third-order valence-corrected chi connectivity index (χ3v) is 2.37. The number of rotatable bonds is 4. The number of carbonyl (C=O) groups excluding carboxylic acids is 1. The predicted octanol–water partition coefficient (Wildman–Crippen LogP) is 0.745. The van der Waals surface area contributed by atoms with Crippen molar-refractivity contribution in [3.63, 3.8) is 0 Å². The highest BCUT2D eigenvalue weighted by Crippen LogP contribution is 2.21. The topological polar surface area (TPSA) is 64.4 Å². The molecule has 0 amide bonds. The fraction of sp³-hybridized carbons (Fsp3) is 0.600. The fourth-order valence-electron chi connectivity index (χ4n) is 1.31. The van der Waals surface area contributed by atoms with Crippen LogP contribution >= 0.6 is 0 Å². The van der Waals surface area contributed by atoms with Crippen molar-refractivity contribution >= 4 is 5.97 Å². The number of hydrogen-bond donors (Lipinski definition) is 1. The number of aryl methyl sites for hydroxylation is 1. The van der Waals surface area contributed by atoms with E-state index in [4.69, 9.17) is 0 Å². The van der Waals surface area contributed by atoms with Gasteiger partial charge >= 0.3 is 5.97 Å². The maximum atomic E-state index is 11.2. The molecule has 1 rings (SSSR count). The van der Waals surface area contributed by atoms with Crippen LogP contribution in [-0.4, -0.2) is 28.0 Å². The monoisotopic (exact) mass is 212 g/mol. The van der Waals surface area contributed by atoms with E-state index in [1.165, 1.54) is 7.11 Å². The van der Waals surface area contributed by atoms with Crippen molar-refractivity contribution in [1.29, 1.82) is 0 Å². The first kappa shape index (κ1) is 11.7. The molecule has 84 valence electrons. The summed E-state index contributed by atoms with van der Waals surface area (Å²) >= 11 is 0. The highest BCUT2D eigenvalue weighted by atomic mass is 16.5. The molecule has 0 aliphatic carbocycles. The van der Waals surface area contributed by atoms with Crippen LogP contribution in [0.3, 0.4) is 0 Å². The summed E-state index contributed by atoms with van der Waals surface area (Å²) in [6.07, 6.45) is 2.43. The van der Waals surface area contributed by atoms with E-state index in [-0.39, 0.29) is 0 Å². The van der Waals surface area contributed by atoms with Crippen LogP contribution in [0, 0.1) is 5.92 Å². The minimum Gasteiger partial charge on any atom is -0.469 e. The second kappa shape index (κ2) is 4.93. The Labute approximate surface area is 88.7 Å². The van der Waals surface area contributed by atoms with Crippen molar-refractivity contribution in [1.82, 2.24) is 9.78 Å². The lowest BCUT2D eigenvalue weighted by Gasteiger charge is -2.14. The highest BCUT2D eigenvalue weighted by Gasteiger charge is 2.25. The molecule has 0 aliphatic rings. The lowest BCUT2D eigenvalue weighted by Crippen LogP contribution is -2.20. The first-order valence-electron chi connectivity index (χ1n) is 4.88. The second-order valence-corrected chi connectivity index (χ2v) is 3.39. The van der Waals surface area contributed by atoms with Gasteiger partial charge in [-0.15, -0.1) is 0 Å². The van der Waals surface area contributed by atoms with E-state index >= 15 is 0 Å². The van der Waals surface area contributed by atoms with Gasteiger partial charge in [-0.25, -0.2) is 0 Å². The van der Waals surface area contributed by atoms with Crippen molar-refractivity contribution < 1.29 is 14.6 Å². The average Bonchev–Trinajstić information content (AvgIpc) is 2.74. The van der Waals surface area contributed by atoms with Crippen LogP contribution in [0.1, 0.15) is 25.5 Å². The maximum absolute atomic E-state index is 11.2. The van der Waals surface area contributed by atoms with Gasteiger partial charge < -0.3 is 9.84 Å². The van der Waals surface area contributed by atoms with Gasteiger partial charge in [-0.1, -0.05) is 0 Å². The van der Waals surface area contributed by atoms with Crippen LogP contribution in [0.15, 0.2) is 12.4 Å². The number of aromatic nitrogens is 2. The molecule has 0 spiro atoms. The quantitative estimate of drug-likeness (QED) is 0.748. The summed E-state index contributed by atoms with van der Waals surface area (Å²) in [7, 11) is 1.31. The molecular weight excluding hydrogens is 196 g/mol. The number of hydrogen-bond acceptors (Lipinski definition) is 4. The Kier molecular flexibility index (Phi) is 3.85. The Bertz CT molecular complexity index is 335. The smallest absolute Gasteiger partial charge is 0.311 e. The summed E-state index contributed by atoms with van der Waals surface area (Å²) in [5.74, 6) is -1.00. The Hall–Kier alpha value is -1.36. The van der Waals surface area contributed by atoms with Crippen molar-refractivity contribution in [3.8, 4) is 0 Å². The first-order chi connectivity index (χ1) is 7.10. The SMILES string of the molecule is CCn1cc(C(O)C(C)C(=O)OC)cn1. The normalized spacial score (nSPS) is 14.7. The van der Waals surface area contributed by atoms with Gasteiger partial charge in [-0.3, -0.25) is 9.48 Å². The summed E-state index contributed by atoms with van der Waals surface area (Å²) < 4.78 is 6.26. The average molecular weight is 212 g/mol. The van der Waals surface area contributed by atoms with Gasteiger partial charge in [0.2, 0.25) is 0 Å². The van der Waals surface area contributed by atoms with Crippen LogP contribution < -0.4 is 0 Å². The molecule has 1 aromatic heterocycles. The second-order valence-electron chi connectivity index (χ2n) is 3.39. The van der Waals surface area contributed by atoms with Crippen molar-refractivity contribution in [3.05, 3.63) is 18.0 Å². The Morgan fingerprint density at radius 1 is 1.73 bits per heavy atom. The van der Waals surface area contributed by atoms with Gasteiger partial charge in [0, 0.05) is 18.3 Å². The van der Waals surface area contributed by atoms with Crippen LogP contribution in [0.2, 0.25) is 0 Å². The minimum absolute atomic E-state index is 0.424. The number of aliphatic hydroxyl groups is 1. The molecule has 5 heteroatoms. The molecule has 5 nitrogen and oxygen atoms in total. The number of ether oxygens (including phenoxy) is 1. The van der Waals surface area contributed by atoms with E-state index in [1.807, 2.05) is 6.92 Å². The van der Waals surface area contributed by atoms with Crippen molar-refractivity contribution in [2.75, 3.05) is 7.11 Å². The molecule has 0 aromatic carbocycles. The van der Waals surface area contributed by atoms with Gasteiger partial charge in [0.05, 0.1) is 25.3 Å². The molecule has 0 radical (unpaired) electrons. The van der Waals surface area contributed by atoms with E-state index in [9.17, 15) is 9.90 Å². The molecule has 2 unspecified atom stereocenters. The predicted molar refractivity (Wildman–Crippen MR) is 54.0 cm³/mol. The molecule has 1 heterocycles. The van der Waals surface area contributed by atoms with Crippen molar-refractivity contribution in [2.24, 2.45) is 5.92 Å². The molecule has 0 saturated carbocycles. The highest BCUT2D eigenvalue weighted by molar-refractivity contribution is 5.72. The summed E-state index contributed by atoms with van der Waals surface area (Å²) in [4.78, 5) is 11.2. The number of nitrogens with zero attached hydrogens (tertiary/aromatic N) is 2. The van der Waals surface area contributed by atoms with Crippen LogP contribution in [0.5, 0.6) is 0 Å². The first-order valence-corrected chi connectivity index (χ1v) is 4.88. The van der Waals surface area contributed by atoms with E-state index < -0.39 is 18.0 Å². The maximum Gasteiger partial charge on any atom is 0.311 e. The van der Waals surface area contributed by atoms with E-state index in [0.717, 1.165) is 6.54 Å². The molecule has 1 aromatic rings. The summed E-state index contributed by atoms with van der Waals surface area (Å²) in [5, 5.41) is 13.9. The number of esters is 1. The molecule has 0 fully saturated rings. The van der Waals surface area contributed by atoms with Crippen molar-refractivity contribution in [2.45, 2.75) is 26.5 Å². The number of methoxy groups -OCH3 is 1. The largest absolute Gasteiger partial charge is 0.469 e. The Morgan fingerprint density at radius 2 is 2.40 bits per heavy atom. The zero-order valence-corrected chi connectivity index (χ0v) is 9.17. The standard InChI is InChI=1S/C10H16N2O3/c1-4-12-6-8(5-11-12)9(13)7(2)10(14)15-3/h5-7,9,13H,4H2,1-3H3. The zero-order chi connectivity index (χ0) is 11.4. The van der Waals surface area contributed by atoms with Gasteiger partial charge in [-0.2, -0.15) is 5.10 Å². The number of aliphatic hydroxyl groups excluding tert-OH is 1. The van der Waals surface area contributed by atoms with Gasteiger partial charge in [0.1, 0.15) is 0 Å². The molecule has 0 bridgehead atoms. The lowest BCUT2D eigenvalue weighted by atomic mass is 10.0. The van der Waals surface area contributed by atoms with Crippen LogP contribution in [-0.2, 0) is 16.1 Å². The van der Waals surface area contributed by atoms with Gasteiger partial charge in [0.25, 0.3) is 0 Å². The molecule has 15 heavy (non-hydrogen) atoms. The Balaban J connectivity index is 2.75. The number of carbonyl (C=O) groups is 1. The molecule has 0 saturated heterocycles. The third-order valence-electron chi connectivity index (χ3n) is 2.37. The molecule has 2 atom stereocenters. The molecule has 0 aliphatic heterocycles. The van der Waals surface area contributed by atoms with Crippen LogP contribution in [0.4, 0.5) is 0 Å². The van der Waals surface area contributed by atoms with Crippen LogP contribution in [0.25, 0.3) is 0 Å². The Morgan fingerprint density at radius 3 is 2.87 bits per heavy atom. The van der Waals surface area contributed by atoms with E-state index in [2.05, 4.69) is 9.84 Å². The third kappa shape index (κ3) is 2.56. The summed E-state index contributed by atoms with van der Waals surface area (Å²) in [6.45, 7) is 4.31.